The van der Waals surface area contributed by atoms with Crippen molar-refractivity contribution in [2.45, 2.75) is 6.92 Å². The van der Waals surface area contributed by atoms with E-state index in [1.807, 2.05) is 12.3 Å². The van der Waals surface area contributed by atoms with E-state index in [1.54, 1.807) is 5.88 Å². The second-order valence-electron chi connectivity index (χ2n) is 1.35. The van der Waals surface area contributed by atoms with Crippen molar-refractivity contribution < 1.29 is 5.21 Å². The van der Waals surface area contributed by atoms with E-state index in [0.717, 1.165) is 10.8 Å². The van der Waals surface area contributed by atoms with E-state index in [4.69, 9.17) is 5.21 Å². The van der Waals surface area contributed by atoms with Gasteiger partial charge in [0.25, 0.3) is 0 Å². The minimum absolute atomic E-state index is 0.880. The topological polar surface area (TPSA) is 23.5 Å². The Balaban J connectivity index is 2.54. The maximum absolute atomic E-state index is 8.69. The molecule has 0 aromatic rings. The van der Waals surface area contributed by atoms with Crippen LogP contribution in [0.1, 0.15) is 6.92 Å². The van der Waals surface area contributed by atoms with Crippen LogP contribution in [0.15, 0.2) is 11.1 Å². The summed E-state index contributed by atoms with van der Waals surface area (Å²) < 4.78 is 0. The van der Waals surface area contributed by atoms with Gasteiger partial charge in [0, 0.05) is 5.70 Å². The summed E-state index contributed by atoms with van der Waals surface area (Å²) in [5, 5.41) is 11.7. The van der Waals surface area contributed by atoms with Crippen molar-refractivity contribution in [3.05, 3.63) is 17.0 Å². The third-order valence-electron chi connectivity index (χ3n) is 0.761. The molecule has 0 spiro atoms. The summed E-state index contributed by atoms with van der Waals surface area (Å²) in [6, 6.07) is 0. The van der Waals surface area contributed by atoms with Crippen LogP contribution in [0, 0.1) is 5.88 Å². The number of hydroxylamine groups is 2. The van der Waals surface area contributed by atoms with Gasteiger partial charge in [-0.3, -0.25) is 5.21 Å². The molecule has 1 N–H and O–H groups in total. The fourth-order valence-corrected chi connectivity index (χ4v) is 0.971. The van der Waals surface area contributed by atoms with E-state index in [1.165, 1.54) is 11.8 Å². The van der Waals surface area contributed by atoms with E-state index in [0.29, 0.717) is 0 Å². The normalized spacial score (nSPS) is 20.3. The highest BCUT2D eigenvalue weighted by atomic mass is 32.2. The minimum atomic E-state index is 0.880. The van der Waals surface area contributed by atoms with Crippen molar-refractivity contribution >= 4 is 11.8 Å². The molecule has 1 rings (SSSR count). The Morgan fingerprint density at radius 3 is 2.71 bits per heavy atom. The first-order valence-corrected chi connectivity index (χ1v) is 2.88. The van der Waals surface area contributed by atoms with Crippen molar-refractivity contribution in [3.8, 4) is 0 Å². The summed E-state index contributed by atoms with van der Waals surface area (Å²) in [4.78, 5) is 0. The van der Waals surface area contributed by atoms with Gasteiger partial charge in [-0.2, -0.15) is 0 Å². The highest BCUT2D eigenvalue weighted by Crippen LogP contribution is 2.23. The third kappa shape index (κ3) is 0.894. The first kappa shape index (κ1) is 5.00. The molecule has 0 saturated carbocycles. The van der Waals surface area contributed by atoms with E-state index in [9.17, 15) is 0 Å². The maximum Gasteiger partial charge on any atom is 0.137 e. The predicted molar refractivity (Wildman–Crippen MR) is 29.3 cm³/mol. The second kappa shape index (κ2) is 1.76. The molecule has 0 amide bonds. The molecule has 0 unspecified atom stereocenters. The third-order valence-corrected chi connectivity index (χ3v) is 1.56. The minimum Gasteiger partial charge on any atom is -0.288 e. The van der Waals surface area contributed by atoms with Crippen molar-refractivity contribution in [3.63, 3.8) is 0 Å². The summed E-state index contributed by atoms with van der Waals surface area (Å²) in [7, 11) is 0. The molecule has 0 fully saturated rings. The van der Waals surface area contributed by atoms with Crippen LogP contribution in [-0.2, 0) is 0 Å². The van der Waals surface area contributed by atoms with Crippen LogP contribution in [-0.4, -0.2) is 10.3 Å². The molecule has 0 aromatic heterocycles. The van der Waals surface area contributed by atoms with Crippen LogP contribution >= 0.6 is 11.8 Å². The van der Waals surface area contributed by atoms with Crippen LogP contribution < -0.4 is 0 Å². The van der Waals surface area contributed by atoms with Crippen molar-refractivity contribution in [2.75, 3.05) is 0 Å². The van der Waals surface area contributed by atoms with Crippen LogP contribution in [0.4, 0.5) is 0 Å². The van der Waals surface area contributed by atoms with Crippen LogP contribution in [0.5, 0.6) is 0 Å². The highest BCUT2D eigenvalue weighted by Gasteiger charge is 2.06. The lowest BCUT2D eigenvalue weighted by atomic mass is 10.6. The lowest BCUT2D eigenvalue weighted by molar-refractivity contribution is -0.00986. The van der Waals surface area contributed by atoms with Gasteiger partial charge >= 0.3 is 0 Å². The largest absolute Gasteiger partial charge is 0.288 e. The zero-order valence-electron chi connectivity index (χ0n) is 3.96. The molecule has 1 aliphatic rings. The summed E-state index contributed by atoms with van der Waals surface area (Å²) in [6.45, 7) is 1.84. The number of thioether (sulfide) groups is 1. The van der Waals surface area contributed by atoms with Gasteiger partial charge in [0.15, 0.2) is 0 Å². The lowest BCUT2D eigenvalue weighted by Gasteiger charge is -2.05. The van der Waals surface area contributed by atoms with Gasteiger partial charge in [-0.1, -0.05) is 0 Å². The summed E-state index contributed by atoms with van der Waals surface area (Å²) in [6.07, 6.45) is 0. The molecule has 0 saturated heterocycles. The van der Waals surface area contributed by atoms with Gasteiger partial charge in [0.2, 0.25) is 0 Å². The Morgan fingerprint density at radius 2 is 2.57 bits per heavy atom. The number of hydrogen-bond acceptors (Lipinski definition) is 3. The molecule has 0 bridgehead atoms. The zero-order valence-corrected chi connectivity index (χ0v) is 4.77. The second-order valence-corrected chi connectivity index (χ2v) is 2.06. The fraction of sp³-hybridized carbons (Fsp3) is 0.250. The Bertz CT molecular complexity index is 102. The number of allylic oxidation sites excluding steroid dienone is 1. The Labute approximate surface area is 46.8 Å². The van der Waals surface area contributed by atoms with Crippen LogP contribution in [0.25, 0.3) is 0 Å². The monoisotopic (exact) mass is 116 g/mol. The maximum atomic E-state index is 8.69. The summed E-state index contributed by atoms with van der Waals surface area (Å²) >= 11 is 1.48. The summed E-state index contributed by atoms with van der Waals surface area (Å²) in [5.41, 5.74) is 0.880. The van der Waals surface area contributed by atoms with E-state index in [2.05, 4.69) is 0 Å². The molecule has 39 valence electrons. The quantitative estimate of drug-likeness (QED) is 0.517. The van der Waals surface area contributed by atoms with Crippen LogP contribution in [0.3, 0.4) is 0 Å². The van der Waals surface area contributed by atoms with Gasteiger partial charge in [-0.15, -0.1) is 11.8 Å². The molecule has 7 heavy (non-hydrogen) atoms. The van der Waals surface area contributed by atoms with Gasteiger partial charge in [0.05, 0.1) is 0 Å². The standard InChI is InChI=1S/C4H6NOS/c1-4-2-7-3-5(4)6/h2-3,6H,1H3. The average molecular weight is 116 g/mol. The SMILES string of the molecule is CC1=CS[CH]N1O. The molecule has 0 aliphatic carbocycles. The first-order chi connectivity index (χ1) is 3.30. The zero-order chi connectivity index (χ0) is 5.28. The molecular weight excluding hydrogens is 110 g/mol. The molecule has 0 atom stereocenters. The lowest BCUT2D eigenvalue weighted by Crippen LogP contribution is -2.05. The van der Waals surface area contributed by atoms with Gasteiger partial charge < -0.3 is 0 Å². The highest BCUT2D eigenvalue weighted by molar-refractivity contribution is 8.04. The van der Waals surface area contributed by atoms with Crippen molar-refractivity contribution in [1.29, 1.82) is 0 Å². The fourth-order valence-electron chi connectivity index (χ4n) is 0.324. The average Bonchev–Trinajstić information content (AvgIpc) is 1.91. The van der Waals surface area contributed by atoms with E-state index in [-0.39, 0.29) is 0 Å². The molecule has 2 nitrogen and oxygen atoms in total. The smallest absolute Gasteiger partial charge is 0.137 e. The predicted octanol–water partition coefficient (Wildman–Crippen LogP) is 1.40. The first-order valence-electron chi connectivity index (χ1n) is 1.94. The van der Waals surface area contributed by atoms with Gasteiger partial charge in [0.1, 0.15) is 5.88 Å². The number of hydrogen-bond donors (Lipinski definition) is 1. The number of nitrogens with zero attached hydrogens (tertiary/aromatic N) is 1. The van der Waals surface area contributed by atoms with Gasteiger partial charge in [-0.05, 0) is 12.3 Å². The molecule has 0 aromatic carbocycles. The van der Waals surface area contributed by atoms with Crippen LogP contribution in [0.2, 0.25) is 0 Å². The molecule has 1 aliphatic heterocycles. The van der Waals surface area contributed by atoms with E-state index < -0.39 is 0 Å². The van der Waals surface area contributed by atoms with Crippen molar-refractivity contribution in [2.24, 2.45) is 0 Å². The van der Waals surface area contributed by atoms with E-state index >= 15 is 0 Å². The Hall–Kier alpha value is -0.150. The molecule has 3 heteroatoms. The Morgan fingerprint density at radius 1 is 1.86 bits per heavy atom. The molecule has 1 radical (unpaired) electrons. The Kier molecular flexibility index (Phi) is 1.25. The van der Waals surface area contributed by atoms with Crippen molar-refractivity contribution in [1.82, 2.24) is 5.06 Å². The molecular formula is C4H6NOS. The van der Waals surface area contributed by atoms with Gasteiger partial charge in [-0.25, -0.2) is 5.06 Å². The molecule has 1 heterocycles. The number of rotatable bonds is 0. The summed E-state index contributed by atoms with van der Waals surface area (Å²) in [5.74, 6) is 1.63.